The van der Waals surface area contributed by atoms with E-state index in [9.17, 15) is 13.2 Å². The van der Waals surface area contributed by atoms with Crippen LogP contribution in [0, 0.1) is 0 Å². The number of nitrogens with one attached hydrogen (secondary N) is 1. The number of carbonyl (C=O) groups is 1. The zero-order valence-electron chi connectivity index (χ0n) is 17.9. The van der Waals surface area contributed by atoms with Crippen molar-refractivity contribution in [1.82, 2.24) is 14.9 Å². The van der Waals surface area contributed by atoms with E-state index in [1.807, 2.05) is 23.1 Å². The molecule has 34 heavy (non-hydrogen) atoms. The summed E-state index contributed by atoms with van der Waals surface area (Å²) in [5.74, 6) is 0.615. The topological polar surface area (TPSA) is 109 Å². The van der Waals surface area contributed by atoms with Gasteiger partial charge in [0.1, 0.15) is 0 Å². The summed E-state index contributed by atoms with van der Waals surface area (Å²) in [6.07, 6.45) is 1.46. The summed E-state index contributed by atoms with van der Waals surface area (Å²) in [5, 5.41) is 0.310. The van der Waals surface area contributed by atoms with Crippen molar-refractivity contribution in [3.8, 4) is 0 Å². The van der Waals surface area contributed by atoms with Crippen LogP contribution in [0.1, 0.15) is 10.6 Å². The lowest BCUT2D eigenvalue weighted by atomic mass is 10.2. The fourth-order valence-electron chi connectivity index (χ4n) is 3.78. The van der Waals surface area contributed by atoms with Gasteiger partial charge in [-0.25, -0.2) is 18.4 Å². The third kappa shape index (κ3) is 4.42. The second-order valence-electron chi connectivity index (χ2n) is 7.70. The fraction of sp³-hybridized carbons (Fsp3) is 0.174. The Morgan fingerprint density at radius 3 is 2.35 bits per heavy atom. The van der Waals surface area contributed by atoms with E-state index < -0.39 is 10.0 Å². The molecule has 0 atom stereocenters. The number of piperazine rings is 1. The number of hydrogen-bond donors (Lipinski definition) is 1. The Balaban J connectivity index is 1.45. The molecular formula is C23H20ClN5O4S. The van der Waals surface area contributed by atoms with Gasteiger partial charge in [-0.3, -0.25) is 9.52 Å². The van der Waals surface area contributed by atoms with Crippen molar-refractivity contribution in [1.29, 1.82) is 0 Å². The summed E-state index contributed by atoms with van der Waals surface area (Å²) in [7, 11) is -3.96. The summed E-state index contributed by atoms with van der Waals surface area (Å²) in [5.41, 5.74) is 1.19. The van der Waals surface area contributed by atoms with Crippen LogP contribution in [0.3, 0.4) is 0 Å². The van der Waals surface area contributed by atoms with E-state index in [2.05, 4.69) is 9.71 Å². The second-order valence-corrected chi connectivity index (χ2v) is 9.82. The maximum atomic E-state index is 13.1. The van der Waals surface area contributed by atoms with Crippen LogP contribution < -0.4 is 9.62 Å². The monoisotopic (exact) mass is 497 g/mol. The van der Waals surface area contributed by atoms with E-state index in [1.165, 1.54) is 18.4 Å². The molecule has 0 unspecified atom stereocenters. The number of nitrogens with zero attached hydrogens (tertiary/aromatic N) is 4. The van der Waals surface area contributed by atoms with Crippen LogP contribution >= 0.6 is 11.6 Å². The Hall–Kier alpha value is -3.63. The molecule has 1 aliphatic heterocycles. The van der Waals surface area contributed by atoms with Gasteiger partial charge in [0.05, 0.1) is 22.2 Å². The summed E-state index contributed by atoms with van der Waals surface area (Å²) in [6.45, 7) is 1.75. The van der Waals surface area contributed by atoms with Gasteiger partial charge in [-0.05, 0) is 42.5 Å². The van der Waals surface area contributed by atoms with Gasteiger partial charge in [-0.15, -0.1) is 0 Å². The van der Waals surface area contributed by atoms with Crippen molar-refractivity contribution < 1.29 is 17.6 Å². The molecule has 1 saturated heterocycles. The van der Waals surface area contributed by atoms with Crippen molar-refractivity contribution in [2.45, 2.75) is 4.90 Å². The molecule has 5 rings (SSSR count). The summed E-state index contributed by atoms with van der Waals surface area (Å²) in [6, 6.07) is 16.5. The second kappa shape index (κ2) is 8.96. The van der Waals surface area contributed by atoms with Crippen molar-refractivity contribution >= 4 is 50.2 Å². The van der Waals surface area contributed by atoms with E-state index >= 15 is 0 Å². The molecule has 9 nitrogen and oxygen atoms in total. The highest BCUT2D eigenvalue weighted by molar-refractivity contribution is 7.92. The molecule has 0 aliphatic carbocycles. The number of aromatic nitrogens is 2. The van der Waals surface area contributed by atoms with Crippen LogP contribution in [-0.4, -0.2) is 55.4 Å². The molecule has 1 N–H and O–H groups in total. The zero-order valence-corrected chi connectivity index (χ0v) is 19.5. The molecule has 1 fully saturated rings. The molecule has 174 valence electrons. The molecule has 3 heterocycles. The van der Waals surface area contributed by atoms with E-state index in [0.29, 0.717) is 48.1 Å². The number of rotatable bonds is 5. The van der Waals surface area contributed by atoms with Gasteiger partial charge in [0.25, 0.3) is 15.9 Å². The third-order valence-corrected chi connectivity index (χ3v) is 7.06. The Morgan fingerprint density at radius 2 is 1.68 bits per heavy atom. The zero-order chi connectivity index (χ0) is 23.7. The Bertz CT molecular complexity index is 1450. The average Bonchev–Trinajstić information content (AvgIpc) is 3.38. The van der Waals surface area contributed by atoms with Crippen LogP contribution in [0.15, 0.2) is 76.2 Å². The van der Waals surface area contributed by atoms with Crippen LogP contribution in [0.2, 0.25) is 5.02 Å². The molecule has 4 aromatic rings. The predicted octanol–water partition coefficient (Wildman–Crippen LogP) is 3.64. The van der Waals surface area contributed by atoms with Crippen molar-refractivity contribution in [2.75, 3.05) is 35.8 Å². The van der Waals surface area contributed by atoms with Crippen molar-refractivity contribution in [3.05, 3.63) is 77.7 Å². The molecule has 0 saturated carbocycles. The third-order valence-electron chi connectivity index (χ3n) is 5.49. The highest BCUT2D eigenvalue weighted by atomic mass is 35.5. The fourth-order valence-corrected chi connectivity index (χ4v) is 5.08. The molecular weight excluding hydrogens is 478 g/mol. The maximum absolute atomic E-state index is 13.1. The lowest BCUT2D eigenvalue weighted by Crippen LogP contribution is -2.49. The van der Waals surface area contributed by atoms with Gasteiger partial charge in [-0.2, -0.15) is 0 Å². The Morgan fingerprint density at radius 1 is 0.941 bits per heavy atom. The van der Waals surface area contributed by atoms with Gasteiger partial charge in [0.15, 0.2) is 17.4 Å². The molecule has 2 aromatic carbocycles. The lowest BCUT2D eigenvalue weighted by molar-refractivity contribution is 0.0714. The Kier molecular flexibility index (Phi) is 5.84. The number of para-hydroxylation sites is 2. The molecule has 11 heteroatoms. The van der Waals surface area contributed by atoms with Crippen LogP contribution in [0.5, 0.6) is 0 Å². The van der Waals surface area contributed by atoms with Gasteiger partial charge >= 0.3 is 0 Å². The first-order valence-electron chi connectivity index (χ1n) is 10.5. The standard InChI is InChI=1S/C23H20ClN5O4S/c24-16-5-3-6-17(15-16)34(31,32)27-21-22(26-19-8-2-1-7-18(19)25-21)28-10-12-29(13-11-28)23(30)20-9-4-14-33-20/h1-9,14-15H,10-13H2,(H,25,27). The minimum atomic E-state index is -3.96. The number of amides is 1. The summed E-state index contributed by atoms with van der Waals surface area (Å²) in [4.78, 5) is 25.5. The number of furan rings is 1. The first kappa shape index (κ1) is 22.2. The van der Waals surface area contributed by atoms with E-state index in [0.717, 1.165) is 0 Å². The predicted molar refractivity (Wildman–Crippen MR) is 129 cm³/mol. The minimum Gasteiger partial charge on any atom is -0.459 e. The Labute approximate surface area is 201 Å². The maximum Gasteiger partial charge on any atom is 0.289 e. The van der Waals surface area contributed by atoms with Crippen molar-refractivity contribution in [2.24, 2.45) is 0 Å². The van der Waals surface area contributed by atoms with Crippen molar-refractivity contribution in [3.63, 3.8) is 0 Å². The first-order valence-corrected chi connectivity index (χ1v) is 12.4. The highest BCUT2D eigenvalue weighted by Crippen LogP contribution is 2.29. The number of sulfonamides is 1. The summed E-state index contributed by atoms with van der Waals surface area (Å²) >= 11 is 5.99. The SMILES string of the molecule is O=C(c1ccco1)N1CCN(c2nc3ccccc3nc2NS(=O)(=O)c2cccc(Cl)c2)CC1. The molecule has 0 spiro atoms. The largest absolute Gasteiger partial charge is 0.459 e. The van der Waals surface area contributed by atoms with E-state index in [4.69, 9.17) is 21.0 Å². The number of carbonyl (C=O) groups excluding carboxylic acids is 1. The number of benzene rings is 2. The van der Waals surface area contributed by atoms with Crippen LogP contribution in [0.4, 0.5) is 11.6 Å². The first-order chi connectivity index (χ1) is 16.4. The molecule has 1 aliphatic rings. The van der Waals surface area contributed by atoms with E-state index in [1.54, 1.807) is 35.2 Å². The van der Waals surface area contributed by atoms with Gasteiger partial charge < -0.3 is 14.2 Å². The number of anilines is 2. The molecule has 1 amide bonds. The quantitative estimate of drug-likeness (QED) is 0.448. The average molecular weight is 498 g/mol. The summed E-state index contributed by atoms with van der Waals surface area (Å²) < 4.78 is 34.0. The van der Waals surface area contributed by atoms with Crippen LogP contribution in [0.25, 0.3) is 11.0 Å². The minimum absolute atomic E-state index is 0.0229. The lowest BCUT2D eigenvalue weighted by Gasteiger charge is -2.35. The molecule has 2 aromatic heterocycles. The molecule has 0 radical (unpaired) electrons. The smallest absolute Gasteiger partial charge is 0.289 e. The van der Waals surface area contributed by atoms with Gasteiger partial charge in [0, 0.05) is 31.2 Å². The normalized spacial score (nSPS) is 14.4. The molecule has 0 bridgehead atoms. The number of halogens is 1. The number of fused-ring (bicyclic) bond motifs is 1. The number of hydrogen-bond acceptors (Lipinski definition) is 7. The van der Waals surface area contributed by atoms with E-state index in [-0.39, 0.29) is 22.4 Å². The van der Waals surface area contributed by atoms with Crippen LogP contribution in [-0.2, 0) is 10.0 Å². The van der Waals surface area contributed by atoms with Gasteiger partial charge in [0.2, 0.25) is 0 Å². The van der Waals surface area contributed by atoms with Gasteiger partial charge in [-0.1, -0.05) is 29.8 Å². The highest BCUT2D eigenvalue weighted by Gasteiger charge is 2.28.